The Kier molecular flexibility index (Phi) is 3.53. The van der Waals surface area contributed by atoms with Crippen molar-refractivity contribution in [3.8, 4) is 11.5 Å². The Labute approximate surface area is 103 Å². The van der Waals surface area contributed by atoms with E-state index in [1.54, 1.807) is 19.2 Å². The van der Waals surface area contributed by atoms with Crippen molar-refractivity contribution in [3.63, 3.8) is 0 Å². The first kappa shape index (κ1) is 12.4. The van der Waals surface area contributed by atoms with Crippen LogP contribution in [0.2, 0.25) is 0 Å². The normalized spacial score (nSPS) is 10.4. The number of benzene rings is 1. The van der Waals surface area contributed by atoms with Gasteiger partial charge in [0.05, 0.1) is 6.20 Å². The molecule has 0 aliphatic carbocycles. The summed E-state index contributed by atoms with van der Waals surface area (Å²) in [4.78, 5) is 3.91. The lowest BCUT2D eigenvalue weighted by Crippen LogP contribution is -2.01. The van der Waals surface area contributed by atoms with Crippen molar-refractivity contribution < 1.29 is 13.5 Å². The van der Waals surface area contributed by atoms with E-state index in [0.29, 0.717) is 11.3 Å². The maximum Gasteiger partial charge on any atom is 0.162 e. The Morgan fingerprint density at radius 1 is 1.22 bits per heavy atom. The molecule has 1 aromatic heterocycles. The number of aromatic nitrogens is 1. The maximum atomic E-state index is 13.1. The van der Waals surface area contributed by atoms with Gasteiger partial charge in [0.1, 0.15) is 11.5 Å². The van der Waals surface area contributed by atoms with Crippen LogP contribution in [0, 0.1) is 18.6 Å². The second kappa shape index (κ2) is 5.10. The molecule has 2 rings (SSSR count). The van der Waals surface area contributed by atoms with Crippen molar-refractivity contribution in [3.05, 3.63) is 53.4 Å². The van der Waals surface area contributed by atoms with Gasteiger partial charge < -0.3 is 10.5 Å². The molecule has 0 radical (unpaired) electrons. The first-order valence-electron chi connectivity index (χ1n) is 5.38. The van der Waals surface area contributed by atoms with Gasteiger partial charge >= 0.3 is 0 Å². The van der Waals surface area contributed by atoms with E-state index in [-0.39, 0.29) is 12.3 Å². The van der Waals surface area contributed by atoms with Crippen LogP contribution in [0.5, 0.6) is 11.5 Å². The van der Waals surface area contributed by atoms with Gasteiger partial charge in [-0.25, -0.2) is 8.78 Å². The van der Waals surface area contributed by atoms with Gasteiger partial charge in [0.15, 0.2) is 11.6 Å². The summed E-state index contributed by atoms with van der Waals surface area (Å²) in [5.74, 6) is -1.16. The highest BCUT2D eigenvalue weighted by atomic mass is 19.2. The lowest BCUT2D eigenvalue weighted by molar-refractivity contribution is 0.452. The van der Waals surface area contributed by atoms with Gasteiger partial charge in [0, 0.05) is 24.4 Å². The van der Waals surface area contributed by atoms with Gasteiger partial charge in [-0.1, -0.05) is 0 Å². The van der Waals surface area contributed by atoms with Gasteiger partial charge in [0.25, 0.3) is 0 Å². The fourth-order valence-electron chi connectivity index (χ4n) is 1.53. The second-order valence-electron chi connectivity index (χ2n) is 3.82. The number of nitrogens with zero attached hydrogens (tertiary/aromatic N) is 1. The minimum atomic E-state index is -0.950. The third-order valence-electron chi connectivity index (χ3n) is 2.53. The number of hydrogen-bond donors (Lipinski definition) is 1. The minimum Gasteiger partial charge on any atom is -0.455 e. The van der Waals surface area contributed by atoms with E-state index in [4.69, 9.17) is 10.5 Å². The molecule has 0 saturated carbocycles. The fourth-order valence-corrected chi connectivity index (χ4v) is 1.53. The third-order valence-corrected chi connectivity index (χ3v) is 2.53. The summed E-state index contributed by atoms with van der Waals surface area (Å²) in [6.45, 7) is 1.91. The molecule has 0 fully saturated rings. The van der Waals surface area contributed by atoms with Crippen LogP contribution in [0.3, 0.4) is 0 Å². The summed E-state index contributed by atoms with van der Waals surface area (Å²) in [6, 6.07) is 3.81. The molecule has 2 N–H and O–H groups in total. The summed E-state index contributed by atoms with van der Waals surface area (Å²) in [5, 5.41) is 0. The topological polar surface area (TPSA) is 48.1 Å². The van der Waals surface area contributed by atoms with Crippen molar-refractivity contribution in [1.29, 1.82) is 0 Å². The fraction of sp³-hybridized carbons (Fsp3) is 0.154. The maximum absolute atomic E-state index is 13.1. The van der Waals surface area contributed by atoms with Crippen LogP contribution >= 0.6 is 0 Å². The molecule has 5 heteroatoms. The highest BCUT2D eigenvalue weighted by Crippen LogP contribution is 2.28. The number of pyridine rings is 1. The van der Waals surface area contributed by atoms with Crippen LogP contribution in [0.4, 0.5) is 8.78 Å². The molecule has 0 aliphatic heterocycles. The summed E-state index contributed by atoms with van der Waals surface area (Å²) in [5.41, 5.74) is 6.80. The highest BCUT2D eigenvalue weighted by Gasteiger charge is 2.10. The number of hydrogen-bond acceptors (Lipinski definition) is 3. The van der Waals surface area contributed by atoms with Crippen LogP contribution < -0.4 is 10.5 Å². The molecule has 2 aromatic rings. The Balaban J connectivity index is 2.37. The van der Waals surface area contributed by atoms with Crippen molar-refractivity contribution in [2.45, 2.75) is 13.5 Å². The van der Waals surface area contributed by atoms with Crippen LogP contribution in [-0.4, -0.2) is 4.98 Å². The second-order valence-corrected chi connectivity index (χ2v) is 3.82. The molecule has 18 heavy (non-hydrogen) atoms. The third kappa shape index (κ3) is 2.46. The van der Waals surface area contributed by atoms with E-state index in [1.165, 1.54) is 6.20 Å². The van der Waals surface area contributed by atoms with E-state index >= 15 is 0 Å². The highest BCUT2D eigenvalue weighted by molar-refractivity contribution is 5.40. The van der Waals surface area contributed by atoms with E-state index in [0.717, 1.165) is 17.7 Å². The Hall–Kier alpha value is -2.01. The number of aryl methyl sites for hydroxylation is 1. The first-order chi connectivity index (χ1) is 8.61. The Bertz CT molecular complexity index is 573. The lowest BCUT2D eigenvalue weighted by Gasteiger charge is -2.11. The standard InChI is InChI=1S/C13H12F2N2O/c1-8-4-10(14)11(15)5-12(8)18-13-7-17-3-2-9(13)6-16/h2-5,7H,6,16H2,1H3. The van der Waals surface area contributed by atoms with Gasteiger partial charge in [-0.3, -0.25) is 4.98 Å². The van der Waals surface area contributed by atoms with Crippen LogP contribution in [0.15, 0.2) is 30.6 Å². The lowest BCUT2D eigenvalue weighted by atomic mass is 10.2. The monoisotopic (exact) mass is 250 g/mol. The molecule has 1 aromatic carbocycles. The Morgan fingerprint density at radius 3 is 2.67 bits per heavy atom. The Morgan fingerprint density at radius 2 is 1.94 bits per heavy atom. The smallest absolute Gasteiger partial charge is 0.162 e. The van der Waals surface area contributed by atoms with Crippen LogP contribution in [-0.2, 0) is 6.54 Å². The molecule has 0 saturated heterocycles. The molecule has 0 aliphatic rings. The predicted molar refractivity (Wildman–Crippen MR) is 63.3 cm³/mol. The molecule has 0 amide bonds. The summed E-state index contributed by atoms with van der Waals surface area (Å²) in [7, 11) is 0. The molecule has 0 atom stereocenters. The van der Waals surface area contributed by atoms with E-state index in [1.807, 2.05) is 0 Å². The molecule has 3 nitrogen and oxygen atoms in total. The molecule has 1 heterocycles. The number of nitrogens with two attached hydrogens (primary N) is 1. The summed E-state index contributed by atoms with van der Waals surface area (Å²) < 4.78 is 31.6. The molecule has 0 bridgehead atoms. The molecular weight excluding hydrogens is 238 g/mol. The van der Waals surface area contributed by atoms with Crippen molar-refractivity contribution in [2.75, 3.05) is 0 Å². The summed E-state index contributed by atoms with van der Waals surface area (Å²) >= 11 is 0. The molecule has 0 spiro atoms. The molecule has 0 unspecified atom stereocenters. The van der Waals surface area contributed by atoms with Gasteiger partial charge in [-0.15, -0.1) is 0 Å². The zero-order valence-corrected chi connectivity index (χ0v) is 9.78. The van der Waals surface area contributed by atoms with Crippen molar-refractivity contribution >= 4 is 0 Å². The quantitative estimate of drug-likeness (QED) is 0.911. The first-order valence-corrected chi connectivity index (χ1v) is 5.38. The summed E-state index contributed by atoms with van der Waals surface area (Å²) in [6.07, 6.45) is 3.08. The zero-order chi connectivity index (χ0) is 13.1. The van der Waals surface area contributed by atoms with Crippen LogP contribution in [0.1, 0.15) is 11.1 Å². The van der Waals surface area contributed by atoms with E-state index in [2.05, 4.69) is 4.98 Å². The van der Waals surface area contributed by atoms with Crippen molar-refractivity contribution in [1.82, 2.24) is 4.98 Å². The predicted octanol–water partition coefficient (Wildman–Crippen LogP) is 2.92. The van der Waals surface area contributed by atoms with Gasteiger partial charge in [-0.2, -0.15) is 0 Å². The number of halogens is 2. The average Bonchev–Trinajstić information content (AvgIpc) is 2.36. The van der Waals surface area contributed by atoms with Crippen LogP contribution in [0.25, 0.3) is 0 Å². The minimum absolute atomic E-state index is 0.247. The van der Waals surface area contributed by atoms with Gasteiger partial charge in [-0.05, 0) is 24.6 Å². The van der Waals surface area contributed by atoms with Gasteiger partial charge in [0.2, 0.25) is 0 Å². The zero-order valence-electron chi connectivity index (χ0n) is 9.78. The van der Waals surface area contributed by atoms with Crippen molar-refractivity contribution in [2.24, 2.45) is 5.73 Å². The largest absolute Gasteiger partial charge is 0.455 e. The molecular formula is C13H12F2N2O. The number of rotatable bonds is 3. The number of ether oxygens (including phenoxy) is 1. The average molecular weight is 250 g/mol. The SMILES string of the molecule is Cc1cc(F)c(F)cc1Oc1cnccc1CN. The van der Waals surface area contributed by atoms with E-state index in [9.17, 15) is 8.78 Å². The molecule has 94 valence electrons. The van der Waals surface area contributed by atoms with E-state index < -0.39 is 11.6 Å².